The van der Waals surface area contributed by atoms with Crippen molar-refractivity contribution < 1.29 is 13.6 Å². The van der Waals surface area contributed by atoms with Crippen LogP contribution in [0.2, 0.25) is 0 Å². The van der Waals surface area contributed by atoms with E-state index in [0.29, 0.717) is 23.9 Å². The highest BCUT2D eigenvalue weighted by molar-refractivity contribution is 5.94. The van der Waals surface area contributed by atoms with Crippen molar-refractivity contribution in [1.82, 2.24) is 9.80 Å². The summed E-state index contributed by atoms with van der Waals surface area (Å²) in [6.45, 7) is 5.54. The zero-order valence-electron chi connectivity index (χ0n) is 20.5. The number of hydrogen-bond donors (Lipinski definition) is 0. The Balaban J connectivity index is 1.43. The second-order valence-electron chi connectivity index (χ2n) is 10.3. The van der Waals surface area contributed by atoms with E-state index in [1.165, 1.54) is 29.7 Å². The molecule has 5 heteroatoms. The van der Waals surface area contributed by atoms with Gasteiger partial charge in [-0.3, -0.25) is 9.69 Å². The van der Waals surface area contributed by atoms with Gasteiger partial charge in [0.05, 0.1) is 12.8 Å². The molecular weight excluding hydrogens is 439 g/mol. The number of aryl methyl sites for hydroxylation is 1. The van der Waals surface area contributed by atoms with Gasteiger partial charge in [-0.2, -0.15) is 0 Å². The summed E-state index contributed by atoms with van der Waals surface area (Å²) in [7, 11) is 0. The number of nitrogens with zero attached hydrogens (tertiary/aromatic N) is 2. The largest absolute Gasteiger partial charge is 0.468 e. The first-order valence-corrected chi connectivity index (χ1v) is 13.0. The highest BCUT2D eigenvalue weighted by atomic mass is 19.1. The maximum atomic E-state index is 13.8. The van der Waals surface area contributed by atoms with Gasteiger partial charge in [0.25, 0.3) is 5.91 Å². The standard InChI is InChI=1S/C30H35FN2O2/c1-22-8-5-6-12-28(22)29-21-32(20-27-11-7-17-35-27)18-24(29)19-33(26-9-3-2-4-10-26)30(34)23-13-15-25(31)16-14-23/h5-8,11-17,24,26,29H,2-4,9-10,18-21H2,1H3/t24-,29+/m1/s1. The molecule has 3 aromatic rings. The van der Waals surface area contributed by atoms with E-state index in [-0.39, 0.29) is 17.8 Å². The van der Waals surface area contributed by atoms with Gasteiger partial charge in [0.2, 0.25) is 0 Å². The molecule has 1 saturated heterocycles. The lowest BCUT2D eigenvalue weighted by atomic mass is 9.85. The maximum absolute atomic E-state index is 13.8. The van der Waals surface area contributed by atoms with Gasteiger partial charge >= 0.3 is 0 Å². The Hall–Kier alpha value is -2.92. The first kappa shape index (κ1) is 23.8. The third-order valence-corrected chi connectivity index (χ3v) is 7.86. The van der Waals surface area contributed by atoms with Gasteiger partial charge in [-0.1, -0.05) is 43.5 Å². The van der Waals surface area contributed by atoms with Gasteiger partial charge < -0.3 is 9.32 Å². The first-order valence-electron chi connectivity index (χ1n) is 13.0. The summed E-state index contributed by atoms with van der Waals surface area (Å²) in [4.78, 5) is 18.4. The molecule has 1 saturated carbocycles. The summed E-state index contributed by atoms with van der Waals surface area (Å²) in [5.41, 5.74) is 3.25. The van der Waals surface area contributed by atoms with Crippen molar-refractivity contribution >= 4 is 5.91 Å². The van der Waals surface area contributed by atoms with Crippen LogP contribution in [0.3, 0.4) is 0 Å². The third kappa shape index (κ3) is 5.51. The third-order valence-electron chi connectivity index (χ3n) is 7.86. The number of benzene rings is 2. The van der Waals surface area contributed by atoms with Gasteiger partial charge in [-0.05, 0) is 73.2 Å². The average Bonchev–Trinajstić information content (AvgIpc) is 3.53. The Bertz CT molecular complexity index is 1110. The summed E-state index contributed by atoms with van der Waals surface area (Å²) in [5.74, 6) is 1.36. The number of furan rings is 1. The number of carbonyl (C=O) groups excluding carboxylic acids is 1. The van der Waals surface area contributed by atoms with Gasteiger partial charge in [0.1, 0.15) is 11.6 Å². The second kappa shape index (κ2) is 10.8. The molecule has 2 atom stereocenters. The van der Waals surface area contributed by atoms with Crippen molar-refractivity contribution in [3.63, 3.8) is 0 Å². The molecule has 5 rings (SSSR count). The lowest BCUT2D eigenvalue weighted by Gasteiger charge is -2.37. The second-order valence-corrected chi connectivity index (χ2v) is 10.3. The quantitative estimate of drug-likeness (QED) is 0.397. The fourth-order valence-electron chi connectivity index (χ4n) is 6.05. The predicted octanol–water partition coefficient (Wildman–Crippen LogP) is 6.42. The molecule has 1 aromatic heterocycles. The molecule has 4 nitrogen and oxygen atoms in total. The normalized spacial score (nSPS) is 21.3. The van der Waals surface area contributed by atoms with Crippen molar-refractivity contribution in [3.8, 4) is 0 Å². The van der Waals surface area contributed by atoms with Crippen molar-refractivity contribution in [1.29, 1.82) is 0 Å². The molecule has 1 aliphatic heterocycles. The van der Waals surface area contributed by atoms with E-state index in [1.807, 2.05) is 12.1 Å². The van der Waals surface area contributed by atoms with Gasteiger partial charge in [-0.25, -0.2) is 4.39 Å². The number of likely N-dealkylation sites (tertiary alicyclic amines) is 1. The lowest BCUT2D eigenvalue weighted by molar-refractivity contribution is 0.0587. The van der Waals surface area contributed by atoms with Gasteiger partial charge in [-0.15, -0.1) is 0 Å². The Labute approximate surface area is 207 Å². The van der Waals surface area contributed by atoms with Crippen LogP contribution in [-0.2, 0) is 6.54 Å². The molecule has 2 fully saturated rings. The summed E-state index contributed by atoms with van der Waals surface area (Å²) < 4.78 is 19.2. The fraction of sp³-hybridized carbons (Fsp3) is 0.433. The van der Waals surface area contributed by atoms with Gasteiger partial charge in [0, 0.05) is 37.2 Å². The molecule has 184 valence electrons. The molecule has 0 bridgehead atoms. The van der Waals surface area contributed by atoms with E-state index in [1.54, 1.807) is 18.4 Å². The Morgan fingerprint density at radius 2 is 1.77 bits per heavy atom. The van der Waals surface area contributed by atoms with Crippen LogP contribution in [0.4, 0.5) is 4.39 Å². The van der Waals surface area contributed by atoms with Crippen molar-refractivity contribution in [2.24, 2.45) is 5.92 Å². The smallest absolute Gasteiger partial charge is 0.254 e. The molecule has 2 aliphatic rings. The topological polar surface area (TPSA) is 36.7 Å². The van der Waals surface area contributed by atoms with Crippen molar-refractivity contribution in [2.45, 2.75) is 57.5 Å². The minimum absolute atomic E-state index is 0.0323. The van der Waals surface area contributed by atoms with E-state index in [4.69, 9.17) is 4.42 Å². The molecule has 0 spiro atoms. The molecule has 0 N–H and O–H groups in total. The fourth-order valence-corrected chi connectivity index (χ4v) is 6.05. The van der Waals surface area contributed by atoms with Crippen LogP contribution in [0.1, 0.15) is 65.3 Å². The van der Waals surface area contributed by atoms with Crippen LogP contribution in [0.15, 0.2) is 71.3 Å². The first-order chi connectivity index (χ1) is 17.1. The summed E-state index contributed by atoms with van der Waals surface area (Å²) in [6, 6.07) is 18.9. The molecule has 1 aliphatic carbocycles. The predicted molar refractivity (Wildman–Crippen MR) is 136 cm³/mol. The summed E-state index contributed by atoms with van der Waals surface area (Å²) in [5, 5.41) is 0. The number of amides is 1. The van der Waals surface area contributed by atoms with Crippen LogP contribution in [-0.4, -0.2) is 41.4 Å². The Kier molecular flexibility index (Phi) is 7.33. The monoisotopic (exact) mass is 474 g/mol. The van der Waals surface area contributed by atoms with Crippen molar-refractivity contribution in [2.75, 3.05) is 19.6 Å². The van der Waals surface area contributed by atoms with Crippen LogP contribution < -0.4 is 0 Å². The highest BCUT2D eigenvalue weighted by Crippen LogP contribution is 2.37. The molecule has 2 heterocycles. The minimum Gasteiger partial charge on any atom is -0.468 e. The zero-order chi connectivity index (χ0) is 24.2. The summed E-state index contributed by atoms with van der Waals surface area (Å²) in [6.07, 6.45) is 7.38. The van der Waals surface area contributed by atoms with Crippen LogP contribution in [0.25, 0.3) is 0 Å². The number of rotatable bonds is 7. The SMILES string of the molecule is Cc1ccccc1[C@H]1CN(Cc2ccco2)C[C@@H]1CN(C(=O)c1ccc(F)cc1)C1CCCCC1. The molecule has 1 amide bonds. The van der Waals surface area contributed by atoms with Crippen LogP contribution in [0, 0.1) is 18.7 Å². The van der Waals surface area contributed by atoms with Crippen LogP contribution >= 0.6 is 0 Å². The van der Waals surface area contributed by atoms with E-state index in [0.717, 1.165) is 51.1 Å². The van der Waals surface area contributed by atoms with E-state index in [9.17, 15) is 9.18 Å². The van der Waals surface area contributed by atoms with Crippen molar-refractivity contribution in [3.05, 3.63) is 95.2 Å². The van der Waals surface area contributed by atoms with E-state index in [2.05, 4.69) is 41.0 Å². The molecule has 0 unspecified atom stereocenters. The lowest BCUT2D eigenvalue weighted by Crippen LogP contribution is -2.45. The van der Waals surface area contributed by atoms with Crippen LogP contribution in [0.5, 0.6) is 0 Å². The van der Waals surface area contributed by atoms with Gasteiger partial charge in [0.15, 0.2) is 0 Å². The Morgan fingerprint density at radius 1 is 1.00 bits per heavy atom. The summed E-state index contributed by atoms with van der Waals surface area (Å²) >= 11 is 0. The minimum atomic E-state index is -0.310. The average molecular weight is 475 g/mol. The number of halogens is 1. The molecule has 35 heavy (non-hydrogen) atoms. The molecular formula is C30H35FN2O2. The molecule has 2 aromatic carbocycles. The zero-order valence-corrected chi connectivity index (χ0v) is 20.5. The van der Waals surface area contributed by atoms with E-state index >= 15 is 0 Å². The maximum Gasteiger partial charge on any atom is 0.254 e. The Morgan fingerprint density at radius 3 is 2.49 bits per heavy atom. The molecule has 0 radical (unpaired) electrons. The number of hydrogen-bond acceptors (Lipinski definition) is 3. The number of carbonyl (C=O) groups is 1. The highest BCUT2D eigenvalue weighted by Gasteiger charge is 2.38. The van der Waals surface area contributed by atoms with E-state index < -0.39 is 0 Å².